The quantitative estimate of drug-likeness (QED) is 0.929. The van der Waals surface area contributed by atoms with E-state index in [0.717, 1.165) is 0 Å². The highest BCUT2D eigenvalue weighted by molar-refractivity contribution is 5.58. The summed E-state index contributed by atoms with van der Waals surface area (Å²) in [6.45, 7) is 0.0558. The van der Waals surface area contributed by atoms with Crippen molar-refractivity contribution in [3.8, 4) is 28.7 Å². The number of rotatable bonds is 4. The molecule has 0 fully saturated rings. The third-order valence-electron chi connectivity index (χ3n) is 3.01. The molecular formula is C15H14O5. The van der Waals surface area contributed by atoms with Crippen LogP contribution in [0.3, 0.4) is 0 Å². The summed E-state index contributed by atoms with van der Waals surface area (Å²) in [6.07, 6.45) is 0. The van der Waals surface area contributed by atoms with Gasteiger partial charge in [-0.3, -0.25) is 0 Å². The van der Waals surface area contributed by atoms with Crippen molar-refractivity contribution in [1.82, 2.24) is 0 Å². The first-order valence-corrected chi connectivity index (χ1v) is 6.16. The van der Waals surface area contributed by atoms with Gasteiger partial charge in [-0.15, -0.1) is 0 Å². The fourth-order valence-corrected chi connectivity index (χ4v) is 2.00. The zero-order valence-corrected chi connectivity index (χ0v) is 11.0. The Morgan fingerprint density at radius 1 is 1.15 bits per heavy atom. The van der Waals surface area contributed by atoms with Gasteiger partial charge in [-0.2, -0.15) is 0 Å². The second-order valence-corrected chi connectivity index (χ2v) is 4.23. The van der Waals surface area contributed by atoms with Gasteiger partial charge in [-0.1, -0.05) is 18.2 Å². The van der Waals surface area contributed by atoms with Crippen LogP contribution >= 0.6 is 0 Å². The maximum absolute atomic E-state index is 9.33. The summed E-state index contributed by atoms with van der Waals surface area (Å²) in [5, 5.41) is 9.33. The van der Waals surface area contributed by atoms with Crippen LogP contribution in [0.15, 0.2) is 36.4 Å². The highest BCUT2D eigenvalue weighted by Crippen LogP contribution is 2.46. The number of benzene rings is 2. The lowest BCUT2D eigenvalue weighted by molar-refractivity contribution is 0.171. The molecule has 3 rings (SSSR count). The average molecular weight is 274 g/mol. The normalized spacial score (nSPS) is 12.3. The number of aliphatic hydroxyl groups is 1. The van der Waals surface area contributed by atoms with Gasteiger partial charge >= 0.3 is 0 Å². The molecule has 0 saturated carbocycles. The molecular weight excluding hydrogens is 260 g/mol. The molecule has 5 heteroatoms. The predicted molar refractivity (Wildman–Crippen MR) is 71.6 cm³/mol. The highest BCUT2D eigenvalue weighted by atomic mass is 16.7. The topological polar surface area (TPSA) is 57.2 Å². The van der Waals surface area contributed by atoms with Crippen LogP contribution in [0.2, 0.25) is 0 Å². The Labute approximate surface area is 116 Å². The van der Waals surface area contributed by atoms with Crippen molar-refractivity contribution in [2.45, 2.75) is 6.61 Å². The van der Waals surface area contributed by atoms with Crippen LogP contribution in [0, 0.1) is 0 Å². The highest BCUT2D eigenvalue weighted by Gasteiger charge is 2.22. The molecule has 1 aliphatic heterocycles. The van der Waals surface area contributed by atoms with E-state index < -0.39 is 0 Å². The number of methoxy groups -OCH3 is 1. The summed E-state index contributed by atoms with van der Waals surface area (Å²) in [5.41, 5.74) is 0.697. The smallest absolute Gasteiger partial charge is 0.231 e. The molecule has 0 aliphatic carbocycles. The Kier molecular flexibility index (Phi) is 3.35. The summed E-state index contributed by atoms with van der Waals surface area (Å²) in [6, 6.07) is 10.7. The molecule has 0 spiro atoms. The first-order chi connectivity index (χ1) is 9.81. The maximum Gasteiger partial charge on any atom is 0.231 e. The van der Waals surface area contributed by atoms with Crippen LogP contribution in [0.1, 0.15) is 5.56 Å². The van der Waals surface area contributed by atoms with Crippen LogP contribution in [0.25, 0.3) is 0 Å². The van der Waals surface area contributed by atoms with Crippen molar-refractivity contribution in [1.29, 1.82) is 0 Å². The van der Waals surface area contributed by atoms with Crippen LogP contribution in [0.5, 0.6) is 28.7 Å². The molecule has 104 valence electrons. The van der Waals surface area contributed by atoms with Crippen LogP contribution in [-0.4, -0.2) is 19.0 Å². The maximum atomic E-state index is 9.33. The van der Waals surface area contributed by atoms with Crippen molar-refractivity contribution >= 4 is 0 Å². The summed E-state index contributed by atoms with van der Waals surface area (Å²) in [5.74, 6) is 2.81. The summed E-state index contributed by atoms with van der Waals surface area (Å²) in [7, 11) is 1.57. The number of hydrogen-bond donors (Lipinski definition) is 1. The number of para-hydroxylation sites is 1. The average Bonchev–Trinajstić information content (AvgIpc) is 2.96. The lowest BCUT2D eigenvalue weighted by Gasteiger charge is -2.12. The number of hydrogen-bond acceptors (Lipinski definition) is 5. The van der Waals surface area contributed by atoms with E-state index in [2.05, 4.69) is 0 Å². The summed E-state index contributed by atoms with van der Waals surface area (Å²) in [4.78, 5) is 0. The molecule has 1 heterocycles. The van der Waals surface area contributed by atoms with Crippen molar-refractivity contribution in [2.75, 3.05) is 13.9 Å². The second kappa shape index (κ2) is 5.30. The van der Waals surface area contributed by atoms with Gasteiger partial charge in [-0.25, -0.2) is 0 Å². The van der Waals surface area contributed by atoms with E-state index in [4.69, 9.17) is 18.9 Å². The van der Waals surface area contributed by atoms with E-state index in [9.17, 15) is 5.11 Å². The lowest BCUT2D eigenvalue weighted by atomic mass is 10.2. The third kappa shape index (κ3) is 2.23. The van der Waals surface area contributed by atoms with Gasteiger partial charge in [0.05, 0.1) is 13.7 Å². The van der Waals surface area contributed by atoms with Crippen molar-refractivity contribution in [3.63, 3.8) is 0 Å². The largest absolute Gasteiger partial charge is 0.496 e. The molecule has 0 unspecified atom stereocenters. The zero-order chi connectivity index (χ0) is 13.9. The third-order valence-corrected chi connectivity index (χ3v) is 3.01. The molecule has 2 aromatic carbocycles. The van der Waals surface area contributed by atoms with Crippen LogP contribution in [-0.2, 0) is 6.61 Å². The van der Waals surface area contributed by atoms with E-state index in [0.29, 0.717) is 34.3 Å². The summed E-state index contributed by atoms with van der Waals surface area (Å²) >= 11 is 0. The van der Waals surface area contributed by atoms with E-state index in [1.54, 1.807) is 31.4 Å². The van der Waals surface area contributed by atoms with Crippen LogP contribution in [0.4, 0.5) is 0 Å². The SMILES string of the molecule is COc1cc2c(c(Oc3ccccc3CO)c1)OCO2. The van der Waals surface area contributed by atoms with Gasteiger partial charge in [0.2, 0.25) is 12.5 Å². The fourth-order valence-electron chi connectivity index (χ4n) is 2.00. The standard InChI is InChI=1S/C15H14O5/c1-17-11-6-13-15(19-9-18-13)14(7-11)20-12-5-3-2-4-10(12)8-16/h2-7,16H,8-9H2,1H3. The Balaban J connectivity index is 2.00. The molecule has 0 aromatic heterocycles. The van der Waals surface area contributed by atoms with Crippen molar-refractivity contribution < 1.29 is 24.1 Å². The molecule has 0 radical (unpaired) electrons. The molecule has 0 amide bonds. The Morgan fingerprint density at radius 3 is 2.80 bits per heavy atom. The first-order valence-electron chi connectivity index (χ1n) is 6.16. The Morgan fingerprint density at radius 2 is 2.00 bits per heavy atom. The molecule has 2 aromatic rings. The zero-order valence-electron chi connectivity index (χ0n) is 11.0. The van der Waals surface area contributed by atoms with E-state index in [1.807, 2.05) is 12.1 Å². The van der Waals surface area contributed by atoms with E-state index in [-0.39, 0.29) is 13.4 Å². The minimum Gasteiger partial charge on any atom is -0.496 e. The van der Waals surface area contributed by atoms with Crippen LogP contribution < -0.4 is 18.9 Å². The predicted octanol–water partition coefficient (Wildman–Crippen LogP) is 2.71. The van der Waals surface area contributed by atoms with E-state index in [1.165, 1.54) is 0 Å². The van der Waals surface area contributed by atoms with Gasteiger partial charge in [0.15, 0.2) is 11.5 Å². The van der Waals surface area contributed by atoms with Crippen molar-refractivity contribution in [2.24, 2.45) is 0 Å². The molecule has 0 saturated heterocycles. The van der Waals surface area contributed by atoms with Gasteiger partial charge in [0.25, 0.3) is 0 Å². The Hall–Kier alpha value is -2.40. The van der Waals surface area contributed by atoms with Crippen molar-refractivity contribution in [3.05, 3.63) is 42.0 Å². The summed E-state index contributed by atoms with van der Waals surface area (Å²) < 4.78 is 21.8. The minimum absolute atomic E-state index is 0.0975. The molecule has 5 nitrogen and oxygen atoms in total. The minimum atomic E-state index is -0.0975. The molecule has 1 N–H and O–H groups in total. The van der Waals surface area contributed by atoms with Gasteiger partial charge in [0, 0.05) is 17.7 Å². The Bertz CT molecular complexity index is 624. The number of ether oxygens (including phenoxy) is 4. The second-order valence-electron chi connectivity index (χ2n) is 4.23. The van der Waals surface area contributed by atoms with Gasteiger partial charge in [0.1, 0.15) is 11.5 Å². The van der Waals surface area contributed by atoms with Gasteiger partial charge < -0.3 is 24.1 Å². The lowest BCUT2D eigenvalue weighted by Crippen LogP contribution is -1.95. The molecule has 0 atom stereocenters. The van der Waals surface area contributed by atoms with Gasteiger partial charge in [-0.05, 0) is 6.07 Å². The molecule has 0 bridgehead atoms. The number of aliphatic hydroxyl groups excluding tert-OH is 1. The fraction of sp³-hybridized carbons (Fsp3) is 0.200. The first kappa shape index (κ1) is 12.6. The monoisotopic (exact) mass is 274 g/mol. The number of fused-ring (bicyclic) bond motifs is 1. The molecule has 20 heavy (non-hydrogen) atoms. The van der Waals surface area contributed by atoms with E-state index >= 15 is 0 Å². The molecule has 1 aliphatic rings.